The molecule has 0 nitrogen and oxygen atoms in total. The van der Waals surface area contributed by atoms with Gasteiger partial charge in [0.2, 0.25) is 0 Å². The molecule has 0 aliphatic carbocycles. The summed E-state index contributed by atoms with van der Waals surface area (Å²) >= 11 is 5.41. The molecule has 2 rings (SSSR count). The second kappa shape index (κ2) is 6.21. The van der Waals surface area contributed by atoms with Crippen LogP contribution in [0.25, 0.3) is 0 Å². The number of rotatable bonds is 5. The molecule has 0 aliphatic rings. The van der Waals surface area contributed by atoms with Gasteiger partial charge in [0.1, 0.15) is 0 Å². The van der Waals surface area contributed by atoms with E-state index in [1.54, 1.807) is 11.3 Å². The standard InChI is InChI=1S/C14H15BrS/c15-10-14(9-13-6-7-16-11-13)8-12-4-2-1-3-5-12/h1-7,11,14H,8-10H2. The highest BCUT2D eigenvalue weighted by Crippen LogP contribution is 2.18. The van der Waals surface area contributed by atoms with Gasteiger partial charge in [0.25, 0.3) is 0 Å². The molecule has 1 aromatic heterocycles. The Hall–Kier alpha value is -0.600. The average molecular weight is 295 g/mol. The predicted octanol–water partition coefficient (Wildman–Crippen LogP) is 4.54. The molecule has 84 valence electrons. The molecule has 0 fully saturated rings. The Balaban J connectivity index is 1.96. The minimum atomic E-state index is 0.692. The summed E-state index contributed by atoms with van der Waals surface area (Å²) in [5.41, 5.74) is 2.90. The molecule has 2 aromatic rings. The molecule has 0 N–H and O–H groups in total. The van der Waals surface area contributed by atoms with Crippen molar-refractivity contribution in [3.05, 3.63) is 58.3 Å². The molecular weight excluding hydrogens is 280 g/mol. The highest BCUT2D eigenvalue weighted by molar-refractivity contribution is 9.09. The van der Waals surface area contributed by atoms with E-state index in [2.05, 4.69) is 63.1 Å². The molecule has 0 aliphatic heterocycles. The molecule has 1 atom stereocenters. The second-order valence-electron chi connectivity index (χ2n) is 4.05. The largest absolute Gasteiger partial charge is 0.152 e. The average Bonchev–Trinajstić information content (AvgIpc) is 2.82. The Morgan fingerprint density at radius 1 is 1.00 bits per heavy atom. The summed E-state index contributed by atoms with van der Waals surface area (Å²) in [6, 6.07) is 13.0. The molecule has 0 saturated heterocycles. The summed E-state index contributed by atoms with van der Waals surface area (Å²) in [5.74, 6) is 0.692. The van der Waals surface area contributed by atoms with E-state index in [9.17, 15) is 0 Å². The van der Waals surface area contributed by atoms with Crippen molar-refractivity contribution in [2.45, 2.75) is 12.8 Å². The van der Waals surface area contributed by atoms with Gasteiger partial charge < -0.3 is 0 Å². The molecule has 0 amide bonds. The van der Waals surface area contributed by atoms with Gasteiger partial charge in [-0.15, -0.1) is 0 Å². The van der Waals surface area contributed by atoms with Crippen molar-refractivity contribution in [1.29, 1.82) is 0 Å². The van der Waals surface area contributed by atoms with Crippen LogP contribution in [0.2, 0.25) is 0 Å². The van der Waals surface area contributed by atoms with Crippen LogP contribution in [0.4, 0.5) is 0 Å². The number of thiophene rings is 1. The first-order valence-corrected chi connectivity index (χ1v) is 7.56. The SMILES string of the molecule is BrCC(Cc1ccccc1)Cc1ccsc1. The van der Waals surface area contributed by atoms with Crippen molar-refractivity contribution in [1.82, 2.24) is 0 Å². The first-order valence-electron chi connectivity index (χ1n) is 5.49. The lowest BCUT2D eigenvalue weighted by atomic mass is 9.95. The third-order valence-corrected chi connectivity index (χ3v) is 4.34. The topological polar surface area (TPSA) is 0 Å². The maximum atomic E-state index is 3.62. The minimum Gasteiger partial charge on any atom is -0.152 e. The highest BCUT2D eigenvalue weighted by atomic mass is 79.9. The van der Waals surface area contributed by atoms with Crippen LogP contribution in [0.1, 0.15) is 11.1 Å². The minimum absolute atomic E-state index is 0.692. The molecule has 2 heteroatoms. The van der Waals surface area contributed by atoms with Crippen LogP contribution in [0.5, 0.6) is 0 Å². The van der Waals surface area contributed by atoms with Gasteiger partial charge in [-0.3, -0.25) is 0 Å². The van der Waals surface area contributed by atoms with Gasteiger partial charge in [-0.2, -0.15) is 11.3 Å². The lowest BCUT2D eigenvalue weighted by molar-refractivity contribution is 0.592. The van der Waals surface area contributed by atoms with Crippen LogP contribution < -0.4 is 0 Å². The van der Waals surface area contributed by atoms with Gasteiger partial charge in [0.05, 0.1) is 0 Å². The first-order chi connectivity index (χ1) is 7.88. The number of benzene rings is 1. The van der Waals surface area contributed by atoms with Gasteiger partial charge in [-0.25, -0.2) is 0 Å². The zero-order valence-corrected chi connectivity index (χ0v) is 11.5. The third kappa shape index (κ3) is 3.46. The monoisotopic (exact) mass is 294 g/mol. The fourth-order valence-corrected chi connectivity index (χ4v) is 3.01. The molecule has 16 heavy (non-hydrogen) atoms. The van der Waals surface area contributed by atoms with Crippen LogP contribution in [-0.4, -0.2) is 5.33 Å². The Labute approximate surface area is 109 Å². The maximum absolute atomic E-state index is 3.62. The molecular formula is C14H15BrS. The third-order valence-electron chi connectivity index (χ3n) is 2.69. The van der Waals surface area contributed by atoms with E-state index in [1.165, 1.54) is 17.5 Å². The molecule has 0 radical (unpaired) electrons. The molecule has 1 aromatic carbocycles. The number of halogens is 1. The van der Waals surface area contributed by atoms with Gasteiger partial charge in [0.15, 0.2) is 0 Å². The van der Waals surface area contributed by atoms with E-state index in [0.29, 0.717) is 5.92 Å². The summed E-state index contributed by atoms with van der Waals surface area (Å²) in [5, 5.41) is 5.47. The second-order valence-corrected chi connectivity index (χ2v) is 5.47. The summed E-state index contributed by atoms with van der Waals surface area (Å²) in [7, 11) is 0. The maximum Gasteiger partial charge on any atom is 0.00660 e. The van der Waals surface area contributed by atoms with E-state index in [4.69, 9.17) is 0 Å². The molecule has 0 spiro atoms. The quantitative estimate of drug-likeness (QED) is 0.710. The van der Waals surface area contributed by atoms with Crippen LogP contribution in [0.3, 0.4) is 0 Å². The van der Waals surface area contributed by atoms with Gasteiger partial charge in [-0.05, 0) is 46.7 Å². The number of hydrogen-bond acceptors (Lipinski definition) is 1. The van der Waals surface area contributed by atoms with Gasteiger partial charge in [0, 0.05) is 5.33 Å². The van der Waals surface area contributed by atoms with E-state index in [-0.39, 0.29) is 0 Å². The van der Waals surface area contributed by atoms with E-state index >= 15 is 0 Å². The molecule has 1 heterocycles. The molecule has 1 unspecified atom stereocenters. The first kappa shape index (κ1) is 11.9. The van der Waals surface area contributed by atoms with Crippen molar-refractivity contribution < 1.29 is 0 Å². The zero-order chi connectivity index (χ0) is 11.2. The van der Waals surface area contributed by atoms with Crippen molar-refractivity contribution in [2.24, 2.45) is 5.92 Å². The van der Waals surface area contributed by atoms with E-state index in [1.807, 2.05) is 0 Å². The van der Waals surface area contributed by atoms with Crippen molar-refractivity contribution in [2.75, 3.05) is 5.33 Å². The molecule has 0 saturated carbocycles. The fourth-order valence-electron chi connectivity index (χ4n) is 1.87. The number of hydrogen-bond donors (Lipinski definition) is 0. The fraction of sp³-hybridized carbons (Fsp3) is 0.286. The van der Waals surface area contributed by atoms with Crippen molar-refractivity contribution in [3.8, 4) is 0 Å². The summed E-state index contributed by atoms with van der Waals surface area (Å²) in [6.45, 7) is 0. The Morgan fingerprint density at radius 2 is 1.75 bits per heavy atom. The summed E-state index contributed by atoms with van der Waals surface area (Å²) < 4.78 is 0. The van der Waals surface area contributed by atoms with E-state index < -0.39 is 0 Å². The normalized spacial score (nSPS) is 12.6. The van der Waals surface area contributed by atoms with Gasteiger partial charge in [-0.1, -0.05) is 46.3 Å². The summed E-state index contributed by atoms with van der Waals surface area (Å²) in [6.07, 6.45) is 2.32. The van der Waals surface area contributed by atoms with Gasteiger partial charge >= 0.3 is 0 Å². The van der Waals surface area contributed by atoms with Crippen molar-refractivity contribution >= 4 is 27.3 Å². The van der Waals surface area contributed by atoms with Crippen LogP contribution in [-0.2, 0) is 12.8 Å². The van der Waals surface area contributed by atoms with E-state index in [0.717, 1.165) is 11.8 Å². The highest BCUT2D eigenvalue weighted by Gasteiger charge is 2.09. The van der Waals surface area contributed by atoms with Crippen LogP contribution in [0.15, 0.2) is 47.2 Å². The Morgan fingerprint density at radius 3 is 2.38 bits per heavy atom. The zero-order valence-electron chi connectivity index (χ0n) is 9.10. The van der Waals surface area contributed by atoms with Crippen molar-refractivity contribution in [3.63, 3.8) is 0 Å². The Bertz CT molecular complexity index is 394. The lowest BCUT2D eigenvalue weighted by Crippen LogP contribution is -2.09. The number of alkyl halides is 1. The Kier molecular flexibility index (Phi) is 4.61. The lowest BCUT2D eigenvalue weighted by Gasteiger charge is -2.13. The molecule has 0 bridgehead atoms. The predicted molar refractivity (Wildman–Crippen MR) is 75.5 cm³/mol. The smallest absolute Gasteiger partial charge is 0.00660 e. The van der Waals surface area contributed by atoms with Crippen LogP contribution in [0, 0.1) is 5.92 Å². The van der Waals surface area contributed by atoms with Crippen LogP contribution >= 0.6 is 27.3 Å². The summed E-state index contributed by atoms with van der Waals surface area (Å²) in [4.78, 5) is 0.